The molecule has 0 spiro atoms. The Morgan fingerprint density at radius 1 is 1.09 bits per heavy atom. The molecule has 1 heterocycles. The third kappa shape index (κ3) is 1.09. The van der Waals surface area contributed by atoms with Crippen LogP contribution in [0.5, 0.6) is 0 Å². The summed E-state index contributed by atoms with van der Waals surface area (Å²) in [5.74, 6) is 0. The quantitative estimate of drug-likeness (QED) is 0.536. The van der Waals surface area contributed by atoms with Crippen molar-refractivity contribution in [3.05, 3.63) is 42.2 Å². The molecule has 1 aromatic carbocycles. The number of hydrogen-bond donors (Lipinski definition) is 0. The molecule has 0 saturated carbocycles. The summed E-state index contributed by atoms with van der Waals surface area (Å²) in [4.78, 5) is 3.05. The minimum Gasteiger partial charge on any atom is -0.217 e. The first-order valence-corrected chi connectivity index (χ1v) is 3.73. The lowest BCUT2D eigenvalue weighted by Gasteiger charge is -1.93. The smallest absolute Gasteiger partial charge is 0.174 e. The zero-order valence-corrected chi connectivity index (χ0v) is 6.46. The molecule has 0 aliphatic heterocycles. The molecule has 0 aliphatic carbocycles. The first-order chi connectivity index (χ1) is 5.36. The molecule has 0 unspecified atom stereocenters. The van der Waals surface area contributed by atoms with Crippen LogP contribution in [0.2, 0.25) is 0 Å². The highest BCUT2D eigenvalue weighted by molar-refractivity contribution is 5.81. The largest absolute Gasteiger partial charge is 0.217 e. The number of pyridine rings is 1. The van der Waals surface area contributed by atoms with Crippen molar-refractivity contribution in [2.24, 2.45) is 0 Å². The Morgan fingerprint density at radius 3 is 2.91 bits per heavy atom. The normalized spacial score (nSPS) is 10.3. The van der Waals surface area contributed by atoms with E-state index < -0.39 is 0 Å². The SMILES string of the molecule is Cc1ccc2c[nH+]ccc2c1. The maximum atomic E-state index is 3.05. The summed E-state index contributed by atoms with van der Waals surface area (Å²) in [7, 11) is 0. The summed E-state index contributed by atoms with van der Waals surface area (Å²) in [6.07, 6.45) is 3.95. The molecule has 0 bridgehead atoms. The molecule has 0 atom stereocenters. The highest BCUT2D eigenvalue weighted by atomic mass is 14.6. The molecule has 1 heteroatoms. The van der Waals surface area contributed by atoms with Gasteiger partial charge in [-0.15, -0.1) is 0 Å². The van der Waals surface area contributed by atoms with Crippen molar-refractivity contribution in [3.8, 4) is 0 Å². The van der Waals surface area contributed by atoms with E-state index in [1.165, 1.54) is 16.3 Å². The van der Waals surface area contributed by atoms with Gasteiger partial charge in [0.25, 0.3) is 0 Å². The van der Waals surface area contributed by atoms with Crippen molar-refractivity contribution in [3.63, 3.8) is 0 Å². The van der Waals surface area contributed by atoms with Gasteiger partial charge >= 0.3 is 0 Å². The van der Waals surface area contributed by atoms with Crippen molar-refractivity contribution in [1.29, 1.82) is 0 Å². The lowest BCUT2D eigenvalue weighted by molar-refractivity contribution is -0.375. The summed E-state index contributed by atoms with van der Waals surface area (Å²) >= 11 is 0. The molecule has 1 nitrogen and oxygen atoms in total. The van der Waals surface area contributed by atoms with Gasteiger partial charge in [0.05, 0.1) is 0 Å². The van der Waals surface area contributed by atoms with E-state index in [-0.39, 0.29) is 0 Å². The Balaban J connectivity index is 2.83. The van der Waals surface area contributed by atoms with Gasteiger partial charge < -0.3 is 0 Å². The number of aromatic amines is 1. The lowest BCUT2D eigenvalue weighted by atomic mass is 10.1. The first kappa shape index (κ1) is 6.35. The number of benzene rings is 1. The van der Waals surface area contributed by atoms with E-state index in [4.69, 9.17) is 0 Å². The second-order valence-corrected chi connectivity index (χ2v) is 2.78. The predicted molar refractivity (Wildman–Crippen MR) is 45.2 cm³/mol. The van der Waals surface area contributed by atoms with Crippen molar-refractivity contribution >= 4 is 10.8 Å². The standard InChI is InChI=1S/C10H9N/c1-8-2-3-10-7-11-5-4-9(10)6-8/h2-7H,1H3/p+1. The van der Waals surface area contributed by atoms with Crippen LogP contribution in [0.4, 0.5) is 0 Å². The van der Waals surface area contributed by atoms with Crippen molar-refractivity contribution < 1.29 is 4.98 Å². The Labute approximate surface area is 65.7 Å². The summed E-state index contributed by atoms with van der Waals surface area (Å²) in [6, 6.07) is 8.52. The van der Waals surface area contributed by atoms with Gasteiger partial charge in [0.2, 0.25) is 0 Å². The van der Waals surface area contributed by atoms with E-state index in [2.05, 4.69) is 36.2 Å². The van der Waals surface area contributed by atoms with Gasteiger partial charge in [-0.25, -0.2) is 4.98 Å². The summed E-state index contributed by atoms with van der Waals surface area (Å²) in [5.41, 5.74) is 1.31. The summed E-state index contributed by atoms with van der Waals surface area (Å²) < 4.78 is 0. The van der Waals surface area contributed by atoms with Crippen LogP contribution in [0.15, 0.2) is 36.7 Å². The van der Waals surface area contributed by atoms with Crippen LogP contribution in [-0.4, -0.2) is 0 Å². The number of hydrogen-bond acceptors (Lipinski definition) is 0. The minimum absolute atomic E-state index is 1.26. The van der Waals surface area contributed by atoms with E-state index in [1.807, 2.05) is 12.4 Å². The van der Waals surface area contributed by atoms with Gasteiger partial charge in [0.15, 0.2) is 12.4 Å². The number of nitrogens with one attached hydrogen (secondary N) is 1. The summed E-state index contributed by atoms with van der Waals surface area (Å²) in [5, 5.41) is 2.56. The number of rotatable bonds is 0. The summed E-state index contributed by atoms with van der Waals surface area (Å²) in [6.45, 7) is 2.11. The number of fused-ring (bicyclic) bond motifs is 1. The minimum atomic E-state index is 1.26. The van der Waals surface area contributed by atoms with Crippen LogP contribution in [0.1, 0.15) is 5.56 Å². The lowest BCUT2D eigenvalue weighted by Crippen LogP contribution is -1.96. The maximum Gasteiger partial charge on any atom is 0.174 e. The van der Waals surface area contributed by atoms with Crippen LogP contribution in [-0.2, 0) is 0 Å². The highest BCUT2D eigenvalue weighted by Gasteiger charge is 1.93. The van der Waals surface area contributed by atoms with E-state index in [0.29, 0.717) is 0 Å². The Morgan fingerprint density at radius 2 is 2.00 bits per heavy atom. The number of H-pyrrole nitrogens is 1. The molecule has 0 fully saturated rings. The fourth-order valence-electron chi connectivity index (χ4n) is 1.25. The molecule has 0 radical (unpaired) electrons. The molecule has 0 amide bonds. The van der Waals surface area contributed by atoms with E-state index in [9.17, 15) is 0 Å². The third-order valence-electron chi connectivity index (χ3n) is 1.84. The molecule has 2 aromatic rings. The molecule has 54 valence electrons. The van der Waals surface area contributed by atoms with E-state index in [1.54, 1.807) is 0 Å². The second-order valence-electron chi connectivity index (χ2n) is 2.78. The van der Waals surface area contributed by atoms with Gasteiger partial charge in [-0.1, -0.05) is 17.7 Å². The molecule has 1 N–H and O–H groups in total. The number of aryl methyl sites for hydroxylation is 1. The average molecular weight is 144 g/mol. The third-order valence-corrected chi connectivity index (χ3v) is 1.84. The first-order valence-electron chi connectivity index (χ1n) is 3.73. The van der Waals surface area contributed by atoms with Crippen LogP contribution in [0.25, 0.3) is 10.8 Å². The zero-order valence-electron chi connectivity index (χ0n) is 6.46. The van der Waals surface area contributed by atoms with Crippen molar-refractivity contribution in [1.82, 2.24) is 0 Å². The Bertz CT molecular complexity index is 379. The van der Waals surface area contributed by atoms with Crippen LogP contribution < -0.4 is 4.98 Å². The van der Waals surface area contributed by atoms with Gasteiger partial charge in [-0.3, -0.25) is 0 Å². The molecular weight excluding hydrogens is 134 g/mol. The predicted octanol–water partition coefficient (Wildman–Crippen LogP) is 1.96. The van der Waals surface area contributed by atoms with E-state index in [0.717, 1.165) is 0 Å². The second kappa shape index (κ2) is 2.35. The van der Waals surface area contributed by atoms with Gasteiger partial charge in [0.1, 0.15) is 0 Å². The number of aromatic nitrogens is 1. The van der Waals surface area contributed by atoms with Crippen molar-refractivity contribution in [2.45, 2.75) is 6.92 Å². The topological polar surface area (TPSA) is 14.1 Å². The Hall–Kier alpha value is -1.37. The van der Waals surface area contributed by atoms with Gasteiger partial charge in [-0.05, 0) is 18.4 Å². The zero-order chi connectivity index (χ0) is 7.68. The van der Waals surface area contributed by atoms with Crippen molar-refractivity contribution in [2.75, 3.05) is 0 Å². The highest BCUT2D eigenvalue weighted by Crippen LogP contribution is 2.11. The van der Waals surface area contributed by atoms with Crippen LogP contribution in [0.3, 0.4) is 0 Å². The van der Waals surface area contributed by atoms with Crippen LogP contribution in [0, 0.1) is 6.92 Å². The molecule has 2 rings (SSSR count). The molecule has 0 saturated heterocycles. The average Bonchev–Trinajstić information content (AvgIpc) is 2.04. The van der Waals surface area contributed by atoms with Crippen LogP contribution >= 0.6 is 0 Å². The fraction of sp³-hybridized carbons (Fsp3) is 0.100. The van der Waals surface area contributed by atoms with E-state index >= 15 is 0 Å². The van der Waals surface area contributed by atoms with Gasteiger partial charge in [0, 0.05) is 11.5 Å². The molecule has 1 aromatic heterocycles. The maximum absolute atomic E-state index is 3.05. The fourth-order valence-corrected chi connectivity index (χ4v) is 1.25. The monoisotopic (exact) mass is 144 g/mol. The molecular formula is C10H10N+. The van der Waals surface area contributed by atoms with Gasteiger partial charge in [-0.2, -0.15) is 0 Å². The Kier molecular flexibility index (Phi) is 1.35. The molecule has 0 aliphatic rings. The molecule has 11 heavy (non-hydrogen) atoms.